The molecule has 1 atom stereocenters. The maximum atomic E-state index is 9.98. The van der Waals surface area contributed by atoms with E-state index < -0.39 is 6.10 Å². The number of benzene rings is 3. The monoisotopic (exact) mass is 374 g/mol. The SMILES string of the molecule is CCOCC(O)COc1c2ccccc2cc2ccc(Br)cc12. The van der Waals surface area contributed by atoms with Crippen molar-refractivity contribution in [1.82, 2.24) is 0 Å². The minimum Gasteiger partial charge on any atom is -0.489 e. The van der Waals surface area contributed by atoms with E-state index in [0.717, 1.165) is 31.8 Å². The summed E-state index contributed by atoms with van der Waals surface area (Å²) in [6.07, 6.45) is -0.642. The van der Waals surface area contributed by atoms with Crippen LogP contribution in [0.3, 0.4) is 0 Å². The Morgan fingerprint density at radius 2 is 1.78 bits per heavy atom. The topological polar surface area (TPSA) is 38.7 Å². The molecule has 3 rings (SSSR count). The van der Waals surface area contributed by atoms with Gasteiger partial charge in [0.25, 0.3) is 0 Å². The molecule has 0 saturated carbocycles. The van der Waals surface area contributed by atoms with Crippen LogP contribution in [0.4, 0.5) is 0 Å². The predicted octanol–water partition coefficient (Wildman–Crippen LogP) is 4.53. The molecule has 1 unspecified atom stereocenters. The normalized spacial score (nSPS) is 12.7. The lowest BCUT2D eigenvalue weighted by atomic mass is 10.0. The summed E-state index contributed by atoms with van der Waals surface area (Å²) >= 11 is 3.52. The van der Waals surface area contributed by atoms with Gasteiger partial charge in [-0.05, 0) is 35.9 Å². The third kappa shape index (κ3) is 3.66. The number of aliphatic hydroxyl groups is 1. The van der Waals surface area contributed by atoms with Crippen LogP contribution in [0.15, 0.2) is 53.0 Å². The molecule has 120 valence electrons. The maximum absolute atomic E-state index is 9.98. The Kier molecular flexibility index (Phi) is 5.16. The number of hydrogen-bond donors (Lipinski definition) is 1. The molecule has 0 radical (unpaired) electrons. The summed E-state index contributed by atoms with van der Waals surface area (Å²) in [4.78, 5) is 0. The van der Waals surface area contributed by atoms with E-state index in [4.69, 9.17) is 9.47 Å². The summed E-state index contributed by atoms with van der Waals surface area (Å²) in [6.45, 7) is 2.98. The van der Waals surface area contributed by atoms with Gasteiger partial charge in [-0.1, -0.05) is 46.3 Å². The van der Waals surface area contributed by atoms with E-state index in [1.54, 1.807) is 0 Å². The second kappa shape index (κ2) is 7.30. The first-order chi connectivity index (χ1) is 11.2. The third-order valence-electron chi connectivity index (χ3n) is 3.71. The smallest absolute Gasteiger partial charge is 0.135 e. The lowest BCUT2D eigenvalue weighted by Crippen LogP contribution is -2.23. The fourth-order valence-electron chi connectivity index (χ4n) is 2.63. The van der Waals surface area contributed by atoms with Crippen molar-refractivity contribution in [3.63, 3.8) is 0 Å². The van der Waals surface area contributed by atoms with E-state index in [-0.39, 0.29) is 13.2 Å². The van der Waals surface area contributed by atoms with Crippen molar-refractivity contribution >= 4 is 37.5 Å². The Hall–Kier alpha value is -1.62. The van der Waals surface area contributed by atoms with E-state index in [0.29, 0.717) is 6.61 Å². The van der Waals surface area contributed by atoms with Gasteiger partial charge in [0.05, 0.1) is 6.61 Å². The van der Waals surface area contributed by atoms with Gasteiger partial charge in [-0.2, -0.15) is 0 Å². The van der Waals surface area contributed by atoms with Gasteiger partial charge in [0, 0.05) is 21.9 Å². The molecule has 0 aromatic heterocycles. The Labute approximate surface area is 144 Å². The van der Waals surface area contributed by atoms with E-state index in [1.807, 2.05) is 37.3 Å². The first-order valence-electron chi connectivity index (χ1n) is 7.68. The Morgan fingerprint density at radius 1 is 1.00 bits per heavy atom. The Bertz CT molecular complexity index is 816. The molecule has 0 saturated heterocycles. The summed E-state index contributed by atoms with van der Waals surface area (Å²) < 4.78 is 12.2. The zero-order valence-electron chi connectivity index (χ0n) is 13.0. The number of fused-ring (bicyclic) bond motifs is 2. The quantitative estimate of drug-likeness (QED) is 0.644. The molecule has 0 bridgehead atoms. The molecule has 0 aliphatic carbocycles. The van der Waals surface area contributed by atoms with Gasteiger partial charge in [-0.15, -0.1) is 0 Å². The molecule has 0 aliphatic heterocycles. The number of aliphatic hydroxyl groups excluding tert-OH is 1. The lowest BCUT2D eigenvalue weighted by molar-refractivity contribution is 0.0170. The van der Waals surface area contributed by atoms with Gasteiger partial charge in [-0.25, -0.2) is 0 Å². The molecule has 3 aromatic rings. The van der Waals surface area contributed by atoms with Crippen LogP contribution in [0.2, 0.25) is 0 Å². The summed E-state index contributed by atoms with van der Waals surface area (Å²) in [7, 11) is 0. The van der Waals surface area contributed by atoms with Crippen LogP contribution in [0.5, 0.6) is 5.75 Å². The molecule has 0 spiro atoms. The highest BCUT2D eigenvalue weighted by Crippen LogP contribution is 2.36. The summed E-state index contributed by atoms with van der Waals surface area (Å²) in [5.74, 6) is 0.801. The van der Waals surface area contributed by atoms with Crippen LogP contribution < -0.4 is 4.74 Å². The van der Waals surface area contributed by atoms with Gasteiger partial charge in [0.15, 0.2) is 0 Å². The average molecular weight is 375 g/mol. The van der Waals surface area contributed by atoms with Gasteiger partial charge in [0.2, 0.25) is 0 Å². The molecular weight excluding hydrogens is 356 g/mol. The zero-order valence-corrected chi connectivity index (χ0v) is 14.5. The molecule has 3 aromatic carbocycles. The molecule has 0 heterocycles. The maximum Gasteiger partial charge on any atom is 0.135 e. The van der Waals surface area contributed by atoms with E-state index in [9.17, 15) is 5.11 Å². The number of halogens is 1. The van der Waals surface area contributed by atoms with E-state index >= 15 is 0 Å². The van der Waals surface area contributed by atoms with Crippen molar-refractivity contribution in [3.8, 4) is 5.75 Å². The van der Waals surface area contributed by atoms with Crippen LogP contribution in [-0.2, 0) is 4.74 Å². The van der Waals surface area contributed by atoms with Gasteiger partial charge in [-0.3, -0.25) is 0 Å². The van der Waals surface area contributed by atoms with Crippen LogP contribution >= 0.6 is 15.9 Å². The third-order valence-corrected chi connectivity index (χ3v) is 4.20. The van der Waals surface area contributed by atoms with Crippen LogP contribution in [0, 0.1) is 0 Å². The molecule has 0 fully saturated rings. The highest BCUT2D eigenvalue weighted by atomic mass is 79.9. The van der Waals surface area contributed by atoms with Gasteiger partial charge < -0.3 is 14.6 Å². The molecule has 3 nitrogen and oxygen atoms in total. The first-order valence-corrected chi connectivity index (χ1v) is 8.48. The average Bonchev–Trinajstić information content (AvgIpc) is 2.57. The van der Waals surface area contributed by atoms with Crippen molar-refractivity contribution in [2.45, 2.75) is 13.0 Å². The van der Waals surface area contributed by atoms with E-state index in [2.05, 4.69) is 34.1 Å². The minimum absolute atomic E-state index is 0.204. The molecular formula is C19H19BrO3. The van der Waals surface area contributed by atoms with Crippen molar-refractivity contribution in [2.75, 3.05) is 19.8 Å². The number of hydrogen-bond acceptors (Lipinski definition) is 3. The van der Waals surface area contributed by atoms with Crippen LogP contribution in [0.1, 0.15) is 6.92 Å². The van der Waals surface area contributed by atoms with Crippen molar-refractivity contribution in [1.29, 1.82) is 0 Å². The van der Waals surface area contributed by atoms with Crippen molar-refractivity contribution in [3.05, 3.63) is 53.0 Å². The number of ether oxygens (including phenoxy) is 2. The second-order valence-corrected chi connectivity index (χ2v) is 6.33. The predicted molar refractivity (Wildman–Crippen MR) is 97.1 cm³/mol. The van der Waals surface area contributed by atoms with Crippen molar-refractivity contribution < 1.29 is 14.6 Å². The standard InChI is InChI=1S/C19H19BrO3/c1-2-22-11-16(21)12-23-19-17-6-4-3-5-13(17)9-14-7-8-15(20)10-18(14)19/h3-10,16,21H,2,11-12H2,1H3. The van der Waals surface area contributed by atoms with Crippen molar-refractivity contribution in [2.24, 2.45) is 0 Å². The molecule has 4 heteroatoms. The largest absolute Gasteiger partial charge is 0.489 e. The summed E-state index contributed by atoms with van der Waals surface area (Å²) in [5, 5.41) is 14.3. The Balaban J connectivity index is 2.02. The molecule has 0 aliphatic rings. The highest BCUT2D eigenvalue weighted by molar-refractivity contribution is 9.10. The lowest BCUT2D eigenvalue weighted by Gasteiger charge is -2.16. The fraction of sp³-hybridized carbons (Fsp3) is 0.263. The Morgan fingerprint density at radius 3 is 2.61 bits per heavy atom. The highest BCUT2D eigenvalue weighted by Gasteiger charge is 2.12. The summed E-state index contributed by atoms with van der Waals surface area (Å²) in [6, 6.07) is 16.4. The zero-order chi connectivity index (χ0) is 16.2. The molecule has 1 N–H and O–H groups in total. The van der Waals surface area contributed by atoms with Crippen LogP contribution in [-0.4, -0.2) is 31.0 Å². The van der Waals surface area contributed by atoms with E-state index in [1.165, 1.54) is 0 Å². The molecule has 0 amide bonds. The minimum atomic E-state index is -0.642. The fourth-order valence-corrected chi connectivity index (χ4v) is 2.99. The van der Waals surface area contributed by atoms with Gasteiger partial charge in [0.1, 0.15) is 18.5 Å². The molecule has 23 heavy (non-hydrogen) atoms. The second-order valence-electron chi connectivity index (χ2n) is 5.42. The van der Waals surface area contributed by atoms with Crippen LogP contribution in [0.25, 0.3) is 21.5 Å². The number of rotatable bonds is 6. The summed E-state index contributed by atoms with van der Waals surface area (Å²) in [5.41, 5.74) is 0. The first kappa shape index (κ1) is 16.2. The van der Waals surface area contributed by atoms with Gasteiger partial charge >= 0.3 is 0 Å².